The Kier molecular flexibility index (Phi) is 7.22. The molecule has 0 saturated carbocycles. The molecule has 0 aliphatic heterocycles. The van der Waals surface area contributed by atoms with Gasteiger partial charge in [0, 0.05) is 53.1 Å². The van der Waals surface area contributed by atoms with Crippen LogP contribution in [0.1, 0.15) is 23.7 Å². The number of fused-ring (bicyclic) bond motifs is 1. The van der Waals surface area contributed by atoms with Crippen molar-refractivity contribution in [2.75, 3.05) is 26.4 Å². The van der Waals surface area contributed by atoms with E-state index in [0.29, 0.717) is 12.2 Å². The average molecular weight is 468 g/mol. The quantitative estimate of drug-likeness (QED) is 0.311. The second-order valence-electron chi connectivity index (χ2n) is 8.80. The molecule has 0 atom stereocenters. The van der Waals surface area contributed by atoms with Crippen LogP contribution >= 0.6 is 0 Å². The third-order valence-electron chi connectivity index (χ3n) is 5.87. The summed E-state index contributed by atoms with van der Waals surface area (Å²) in [6, 6.07) is 10.7. The normalized spacial score (nSPS) is 12.5. The van der Waals surface area contributed by atoms with E-state index < -0.39 is 0 Å². The third-order valence-corrected chi connectivity index (χ3v) is 5.87. The summed E-state index contributed by atoms with van der Waals surface area (Å²) in [4.78, 5) is 14.4. The molecule has 1 aromatic carbocycles. The van der Waals surface area contributed by atoms with E-state index in [4.69, 9.17) is 5.73 Å². The van der Waals surface area contributed by atoms with Gasteiger partial charge in [0.2, 0.25) is 0 Å². The first-order valence-corrected chi connectivity index (χ1v) is 11.5. The number of nitrogens with one attached hydrogen (secondary N) is 1. The molecule has 4 rings (SSSR count). The van der Waals surface area contributed by atoms with Gasteiger partial charge < -0.3 is 15.6 Å². The average Bonchev–Trinajstić information content (AvgIpc) is 3.25. The maximum Gasteiger partial charge on any atom is 0.126 e. The van der Waals surface area contributed by atoms with Crippen molar-refractivity contribution in [3.05, 3.63) is 108 Å². The van der Waals surface area contributed by atoms with Crippen LogP contribution in [0.2, 0.25) is 0 Å². The Morgan fingerprint density at radius 1 is 1.17 bits per heavy atom. The number of likely N-dealkylation sites (N-methyl/N-ethyl adjacent to an activating group) is 1. The van der Waals surface area contributed by atoms with E-state index in [1.165, 1.54) is 12.1 Å². The lowest BCUT2D eigenvalue weighted by Gasteiger charge is -2.12. The number of hydrogen-bond donors (Lipinski definition) is 2. The highest BCUT2D eigenvalue weighted by Gasteiger charge is 2.12. The van der Waals surface area contributed by atoms with Crippen molar-refractivity contribution in [2.24, 2.45) is 0 Å². The minimum Gasteiger partial charge on any atom is -0.383 e. The second kappa shape index (κ2) is 10.5. The Morgan fingerprint density at radius 2 is 2.00 bits per heavy atom. The van der Waals surface area contributed by atoms with Gasteiger partial charge in [0.25, 0.3) is 0 Å². The van der Waals surface area contributed by atoms with Crippen LogP contribution in [0, 0.1) is 5.82 Å². The number of H-pyrrole nitrogens is 1. The fraction of sp³-hybridized carbons (Fsp3) is 0.172. The molecular weight excluding hydrogens is 437 g/mol. The molecule has 0 spiro atoms. The molecule has 6 heteroatoms. The van der Waals surface area contributed by atoms with E-state index in [1.54, 1.807) is 24.7 Å². The van der Waals surface area contributed by atoms with E-state index in [9.17, 15) is 4.39 Å². The standard InChI is InChI=1S/C29H30FN5/c1-5-19(18-35(3)4)10-20(6-2)23-11-22(29(31)33-15-23)13-25-14-26-27(16-32-17-28(26)34-25)21-8-7-9-24(30)12-21/h5-12,14-17,34H,1,13,18H2,2-4H3,(H2,31,33)/b19-10+,20-6+. The first kappa shape index (κ1) is 24.1. The molecule has 3 heterocycles. The van der Waals surface area contributed by atoms with Crippen molar-refractivity contribution in [2.45, 2.75) is 13.3 Å². The Labute approximate surface area is 205 Å². The van der Waals surface area contributed by atoms with Crippen molar-refractivity contribution in [1.29, 1.82) is 0 Å². The fourth-order valence-electron chi connectivity index (χ4n) is 4.18. The van der Waals surface area contributed by atoms with Gasteiger partial charge in [0.15, 0.2) is 0 Å². The second-order valence-corrected chi connectivity index (χ2v) is 8.80. The van der Waals surface area contributed by atoms with Gasteiger partial charge in [0.05, 0.1) is 11.7 Å². The van der Waals surface area contributed by atoms with Crippen LogP contribution in [0.15, 0.2) is 85.4 Å². The first-order valence-electron chi connectivity index (χ1n) is 11.5. The van der Waals surface area contributed by atoms with E-state index >= 15 is 0 Å². The molecule has 3 aromatic heterocycles. The smallest absolute Gasteiger partial charge is 0.126 e. The number of aromatic nitrogens is 3. The maximum atomic E-state index is 13.8. The third kappa shape index (κ3) is 5.55. The molecule has 0 saturated heterocycles. The van der Waals surface area contributed by atoms with Crippen LogP contribution in [-0.4, -0.2) is 40.5 Å². The predicted molar refractivity (Wildman–Crippen MR) is 143 cm³/mol. The SMILES string of the molecule is C=C/C(=C\C(=C/C)c1cnc(N)c(Cc2cc3c(-c4cccc(F)c4)cncc3[nH]2)c1)CN(C)C. The maximum absolute atomic E-state index is 13.8. The number of halogens is 1. The number of pyridine rings is 2. The number of hydrogen-bond acceptors (Lipinski definition) is 4. The lowest BCUT2D eigenvalue weighted by Crippen LogP contribution is -2.14. The van der Waals surface area contributed by atoms with Crippen molar-refractivity contribution >= 4 is 22.3 Å². The lowest BCUT2D eigenvalue weighted by molar-refractivity contribution is 0.449. The summed E-state index contributed by atoms with van der Waals surface area (Å²) >= 11 is 0. The van der Waals surface area contributed by atoms with Gasteiger partial charge in [-0.25, -0.2) is 9.37 Å². The zero-order valence-corrected chi connectivity index (χ0v) is 20.3. The number of nitrogens with two attached hydrogens (primary N) is 1. The van der Waals surface area contributed by atoms with Crippen LogP contribution in [0.3, 0.4) is 0 Å². The molecule has 0 aliphatic rings. The van der Waals surface area contributed by atoms with Gasteiger partial charge in [0.1, 0.15) is 11.6 Å². The minimum absolute atomic E-state index is 0.273. The number of allylic oxidation sites excluding steroid dienone is 3. The van der Waals surface area contributed by atoms with Gasteiger partial charge in [-0.15, -0.1) is 0 Å². The lowest BCUT2D eigenvalue weighted by atomic mass is 10.0. The van der Waals surface area contributed by atoms with Gasteiger partial charge >= 0.3 is 0 Å². The molecule has 5 nitrogen and oxygen atoms in total. The number of aromatic amines is 1. The van der Waals surface area contributed by atoms with E-state index in [-0.39, 0.29) is 5.82 Å². The zero-order valence-electron chi connectivity index (χ0n) is 20.3. The molecule has 35 heavy (non-hydrogen) atoms. The molecule has 178 valence electrons. The molecule has 4 aromatic rings. The van der Waals surface area contributed by atoms with Crippen LogP contribution < -0.4 is 5.73 Å². The number of nitrogen functional groups attached to an aromatic ring is 1. The van der Waals surface area contributed by atoms with Crippen molar-refractivity contribution in [3.63, 3.8) is 0 Å². The van der Waals surface area contributed by atoms with Crippen LogP contribution in [0.5, 0.6) is 0 Å². The van der Waals surface area contributed by atoms with Gasteiger partial charge in [-0.1, -0.05) is 36.9 Å². The molecule has 0 aliphatic carbocycles. The van der Waals surface area contributed by atoms with Crippen molar-refractivity contribution in [1.82, 2.24) is 19.9 Å². The number of anilines is 1. The van der Waals surface area contributed by atoms with Gasteiger partial charge in [-0.2, -0.15) is 0 Å². The van der Waals surface area contributed by atoms with Crippen molar-refractivity contribution < 1.29 is 4.39 Å². The molecule has 0 amide bonds. The highest BCUT2D eigenvalue weighted by molar-refractivity contribution is 5.94. The number of nitrogens with zero attached hydrogens (tertiary/aromatic N) is 3. The van der Waals surface area contributed by atoms with Crippen LogP contribution in [0.4, 0.5) is 10.2 Å². The first-order chi connectivity index (χ1) is 16.9. The summed E-state index contributed by atoms with van der Waals surface area (Å²) in [5.41, 5.74) is 13.9. The largest absolute Gasteiger partial charge is 0.383 e. The van der Waals surface area contributed by atoms with E-state index in [1.807, 2.05) is 33.2 Å². The summed E-state index contributed by atoms with van der Waals surface area (Å²) in [7, 11) is 4.07. The summed E-state index contributed by atoms with van der Waals surface area (Å²) in [6.07, 6.45) is 12.0. The highest BCUT2D eigenvalue weighted by Crippen LogP contribution is 2.30. The van der Waals surface area contributed by atoms with Gasteiger partial charge in [-0.05, 0) is 62.0 Å². The topological polar surface area (TPSA) is 70.8 Å². The van der Waals surface area contributed by atoms with Crippen LogP contribution in [-0.2, 0) is 6.42 Å². The Morgan fingerprint density at radius 3 is 2.71 bits per heavy atom. The summed E-state index contributed by atoms with van der Waals surface area (Å²) < 4.78 is 13.8. The van der Waals surface area contributed by atoms with E-state index in [0.717, 1.165) is 56.5 Å². The summed E-state index contributed by atoms with van der Waals surface area (Å²) in [5.74, 6) is 0.220. The Hall–Kier alpha value is -4.03. The number of rotatable bonds is 8. The fourth-order valence-corrected chi connectivity index (χ4v) is 4.18. The van der Waals surface area contributed by atoms with E-state index in [2.05, 4.69) is 50.7 Å². The Balaban J connectivity index is 1.68. The minimum atomic E-state index is -0.273. The van der Waals surface area contributed by atoms with Gasteiger partial charge in [-0.3, -0.25) is 4.98 Å². The predicted octanol–water partition coefficient (Wildman–Crippen LogP) is 6.01. The zero-order chi connectivity index (χ0) is 24.9. The molecule has 3 N–H and O–H groups in total. The molecule has 0 fully saturated rings. The molecule has 0 radical (unpaired) electrons. The molecule has 0 bridgehead atoms. The monoisotopic (exact) mass is 467 g/mol. The Bertz CT molecular complexity index is 1430. The van der Waals surface area contributed by atoms with Crippen LogP contribution in [0.25, 0.3) is 27.6 Å². The molecular formula is C29H30FN5. The summed E-state index contributed by atoms with van der Waals surface area (Å²) in [5, 5.41) is 0.986. The highest BCUT2D eigenvalue weighted by atomic mass is 19.1. The van der Waals surface area contributed by atoms with Crippen molar-refractivity contribution in [3.8, 4) is 11.1 Å². The molecule has 0 unspecified atom stereocenters. The number of benzene rings is 1. The summed E-state index contributed by atoms with van der Waals surface area (Å²) in [6.45, 7) is 6.76.